The van der Waals surface area contributed by atoms with E-state index in [1.165, 1.54) is 19.3 Å². The lowest BCUT2D eigenvalue weighted by atomic mass is 9.85. The maximum atomic E-state index is 12.2. The van der Waals surface area contributed by atoms with Gasteiger partial charge in [-0.3, -0.25) is 4.90 Å². The smallest absolute Gasteiger partial charge is 0.335 e. The van der Waals surface area contributed by atoms with Gasteiger partial charge in [-0.15, -0.1) is 0 Å². The van der Waals surface area contributed by atoms with Gasteiger partial charge in [0, 0.05) is 18.8 Å². The average molecular weight is 274 g/mol. The first-order chi connectivity index (χ1) is 9.65. The van der Waals surface area contributed by atoms with Crippen LogP contribution in [0.3, 0.4) is 0 Å². The molecule has 3 rings (SSSR count). The van der Waals surface area contributed by atoms with Crippen molar-refractivity contribution in [2.75, 3.05) is 18.0 Å². The Morgan fingerprint density at radius 3 is 2.80 bits per heavy atom. The highest BCUT2D eigenvalue weighted by Crippen LogP contribution is 2.29. The number of carbonyl (C=O) groups excluding carboxylic acids is 1. The number of amides is 2. The van der Waals surface area contributed by atoms with Gasteiger partial charge in [0.1, 0.15) is 0 Å². The second-order valence-corrected chi connectivity index (χ2v) is 5.53. The van der Waals surface area contributed by atoms with Crippen LogP contribution in [-0.4, -0.2) is 30.2 Å². The molecule has 0 unspecified atom stereocenters. The molecule has 1 aliphatic carbocycles. The summed E-state index contributed by atoms with van der Waals surface area (Å²) in [5.74, 6) is -0.346. The minimum atomic E-state index is -0.963. The van der Waals surface area contributed by atoms with Crippen molar-refractivity contribution in [2.24, 2.45) is 5.92 Å². The number of hydrogen-bond donors (Lipinski definition) is 2. The van der Waals surface area contributed by atoms with Crippen molar-refractivity contribution >= 4 is 17.7 Å². The van der Waals surface area contributed by atoms with Crippen LogP contribution in [0, 0.1) is 5.92 Å². The SMILES string of the molecule is O=C(O)c1ccc2c(c1)N(C(=O)NCC1CCC1)CC2. The Balaban J connectivity index is 1.71. The summed E-state index contributed by atoms with van der Waals surface area (Å²) in [4.78, 5) is 24.9. The van der Waals surface area contributed by atoms with Gasteiger partial charge in [-0.2, -0.15) is 0 Å². The van der Waals surface area contributed by atoms with Crippen molar-refractivity contribution in [1.29, 1.82) is 0 Å². The molecule has 1 aromatic rings. The predicted octanol–water partition coefficient (Wildman–Crippen LogP) is 2.26. The van der Waals surface area contributed by atoms with Crippen LogP contribution in [-0.2, 0) is 6.42 Å². The highest BCUT2D eigenvalue weighted by Gasteiger charge is 2.26. The van der Waals surface area contributed by atoms with Gasteiger partial charge < -0.3 is 10.4 Å². The number of fused-ring (bicyclic) bond motifs is 1. The van der Waals surface area contributed by atoms with E-state index in [1.54, 1.807) is 23.1 Å². The van der Waals surface area contributed by atoms with Crippen molar-refractivity contribution in [3.63, 3.8) is 0 Å². The number of rotatable bonds is 3. The molecule has 5 nitrogen and oxygen atoms in total. The number of hydrogen-bond acceptors (Lipinski definition) is 2. The van der Waals surface area contributed by atoms with Crippen molar-refractivity contribution in [3.05, 3.63) is 29.3 Å². The van der Waals surface area contributed by atoms with Crippen LogP contribution >= 0.6 is 0 Å². The van der Waals surface area contributed by atoms with Crippen LogP contribution in [0.25, 0.3) is 0 Å². The summed E-state index contributed by atoms with van der Waals surface area (Å²) in [6.45, 7) is 1.35. The summed E-state index contributed by atoms with van der Waals surface area (Å²) in [5.41, 5.74) is 1.99. The number of urea groups is 1. The fourth-order valence-corrected chi connectivity index (χ4v) is 2.75. The van der Waals surface area contributed by atoms with Crippen LogP contribution in [0.15, 0.2) is 18.2 Å². The number of anilines is 1. The first-order valence-corrected chi connectivity index (χ1v) is 7.07. The number of carbonyl (C=O) groups is 2. The highest BCUT2D eigenvalue weighted by atomic mass is 16.4. The van der Waals surface area contributed by atoms with Crippen LogP contribution in [0.1, 0.15) is 35.2 Å². The van der Waals surface area contributed by atoms with E-state index in [0.29, 0.717) is 12.5 Å². The second-order valence-electron chi connectivity index (χ2n) is 5.53. The van der Waals surface area contributed by atoms with Crippen molar-refractivity contribution in [1.82, 2.24) is 5.32 Å². The predicted molar refractivity (Wildman–Crippen MR) is 75.2 cm³/mol. The lowest BCUT2D eigenvalue weighted by Gasteiger charge is -2.27. The third-order valence-electron chi connectivity index (χ3n) is 4.24. The normalized spacial score (nSPS) is 17.5. The summed E-state index contributed by atoms with van der Waals surface area (Å²) < 4.78 is 0. The molecule has 106 valence electrons. The van der Waals surface area contributed by atoms with Crippen molar-refractivity contribution in [3.8, 4) is 0 Å². The number of nitrogens with zero attached hydrogens (tertiary/aromatic N) is 1. The Hall–Kier alpha value is -2.04. The first-order valence-electron chi connectivity index (χ1n) is 7.07. The minimum Gasteiger partial charge on any atom is -0.478 e. The van der Waals surface area contributed by atoms with Gasteiger partial charge in [-0.25, -0.2) is 9.59 Å². The van der Waals surface area contributed by atoms with E-state index in [0.717, 1.165) is 24.2 Å². The molecule has 1 aromatic carbocycles. The number of nitrogens with one attached hydrogen (secondary N) is 1. The van der Waals surface area contributed by atoms with Crippen LogP contribution in [0.5, 0.6) is 0 Å². The topological polar surface area (TPSA) is 69.6 Å². The third-order valence-corrected chi connectivity index (χ3v) is 4.24. The van der Waals surface area contributed by atoms with Gasteiger partial charge in [0.15, 0.2) is 0 Å². The van der Waals surface area contributed by atoms with Gasteiger partial charge in [-0.05, 0) is 42.9 Å². The molecule has 1 saturated carbocycles. The van der Waals surface area contributed by atoms with Crippen LogP contribution in [0.4, 0.5) is 10.5 Å². The summed E-state index contributed by atoms with van der Waals surface area (Å²) in [6, 6.07) is 4.88. The van der Waals surface area contributed by atoms with Gasteiger partial charge in [0.05, 0.1) is 5.56 Å². The van der Waals surface area contributed by atoms with E-state index in [-0.39, 0.29) is 11.6 Å². The fourth-order valence-electron chi connectivity index (χ4n) is 2.75. The summed E-state index contributed by atoms with van der Waals surface area (Å²) >= 11 is 0. The molecule has 0 aromatic heterocycles. The Morgan fingerprint density at radius 1 is 1.35 bits per heavy atom. The second kappa shape index (κ2) is 5.15. The average Bonchev–Trinajstić information content (AvgIpc) is 2.79. The fraction of sp³-hybridized carbons (Fsp3) is 0.467. The molecule has 5 heteroatoms. The summed E-state index contributed by atoms with van der Waals surface area (Å²) in [7, 11) is 0. The minimum absolute atomic E-state index is 0.113. The summed E-state index contributed by atoms with van der Waals surface area (Å²) in [5, 5.41) is 12.0. The van der Waals surface area contributed by atoms with E-state index in [9.17, 15) is 9.59 Å². The van der Waals surface area contributed by atoms with Crippen LogP contribution in [0.2, 0.25) is 0 Å². The molecule has 2 aliphatic rings. The zero-order valence-corrected chi connectivity index (χ0v) is 11.3. The lowest BCUT2D eigenvalue weighted by Crippen LogP contribution is -2.42. The molecule has 0 spiro atoms. The molecule has 2 N–H and O–H groups in total. The van der Waals surface area contributed by atoms with E-state index in [1.807, 2.05) is 0 Å². The maximum absolute atomic E-state index is 12.2. The zero-order chi connectivity index (χ0) is 14.1. The Bertz CT molecular complexity index is 552. The zero-order valence-electron chi connectivity index (χ0n) is 11.3. The van der Waals surface area contributed by atoms with Gasteiger partial charge >= 0.3 is 12.0 Å². The van der Waals surface area contributed by atoms with E-state index in [4.69, 9.17) is 5.11 Å². The summed E-state index contributed by atoms with van der Waals surface area (Å²) in [6.07, 6.45) is 4.43. The number of carboxylic acid groups (broad SMARTS) is 1. The monoisotopic (exact) mass is 274 g/mol. The first kappa shape index (κ1) is 13.0. The molecular weight excluding hydrogens is 256 g/mol. The molecule has 0 saturated heterocycles. The maximum Gasteiger partial charge on any atom is 0.335 e. The van der Waals surface area contributed by atoms with Crippen molar-refractivity contribution < 1.29 is 14.7 Å². The molecule has 0 atom stereocenters. The largest absolute Gasteiger partial charge is 0.478 e. The highest BCUT2D eigenvalue weighted by molar-refractivity contribution is 5.96. The molecule has 0 bridgehead atoms. The van der Waals surface area contributed by atoms with Crippen molar-refractivity contribution in [2.45, 2.75) is 25.7 Å². The van der Waals surface area contributed by atoms with Crippen LogP contribution < -0.4 is 10.2 Å². The quantitative estimate of drug-likeness (QED) is 0.888. The molecule has 0 radical (unpaired) electrons. The number of carboxylic acids is 1. The van der Waals surface area contributed by atoms with Gasteiger partial charge in [0.25, 0.3) is 0 Å². The third kappa shape index (κ3) is 2.35. The van der Waals surface area contributed by atoms with E-state index in [2.05, 4.69) is 5.32 Å². The Labute approximate surface area is 117 Å². The number of aromatic carboxylic acids is 1. The molecular formula is C15H18N2O3. The number of benzene rings is 1. The van der Waals surface area contributed by atoms with Gasteiger partial charge in [-0.1, -0.05) is 12.5 Å². The van der Waals surface area contributed by atoms with E-state index >= 15 is 0 Å². The Kier molecular flexibility index (Phi) is 3.34. The molecule has 2 amide bonds. The lowest BCUT2D eigenvalue weighted by molar-refractivity contribution is 0.0697. The Morgan fingerprint density at radius 2 is 2.15 bits per heavy atom. The standard InChI is InChI=1S/C15H18N2O3/c18-14(19)12-5-4-11-6-7-17(13(11)8-12)15(20)16-9-10-2-1-3-10/h4-5,8,10H,1-3,6-7,9H2,(H,16,20)(H,18,19). The van der Waals surface area contributed by atoms with Gasteiger partial charge in [0.2, 0.25) is 0 Å². The molecule has 1 aliphatic heterocycles. The molecule has 1 fully saturated rings. The molecule has 1 heterocycles. The molecule has 20 heavy (non-hydrogen) atoms. The van der Waals surface area contributed by atoms with E-state index < -0.39 is 5.97 Å².